The molecule has 1 aliphatic heterocycles. The molecule has 1 aliphatic rings. The molecule has 8 nitrogen and oxygen atoms in total. The van der Waals surface area contributed by atoms with Gasteiger partial charge in [0.15, 0.2) is 11.5 Å². The zero-order valence-electron chi connectivity index (χ0n) is 21.0. The minimum absolute atomic E-state index is 0.0163. The Balaban J connectivity index is 1.74. The second-order valence-corrected chi connectivity index (χ2v) is 9.19. The second kappa shape index (κ2) is 12.1. The highest BCUT2D eigenvalue weighted by Crippen LogP contribution is 2.36. The molecule has 36 heavy (non-hydrogen) atoms. The number of para-hydroxylation sites is 2. The zero-order valence-corrected chi connectivity index (χ0v) is 21.8. The number of aryl methyl sites for hydroxylation is 1. The van der Waals surface area contributed by atoms with Gasteiger partial charge in [0, 0.05) is 24.7 Å². The third-order valence-electron chi connectivity index (χ3n) is 6.09. The van der Waals surface area contributed by atoms with Crippen LogP contribution in [0, 0.1) is 6.92 Å². The van der Waals surface area contributed by atoms with Gasteiger partial charge in [0.25, 0.3) is 0 Å². The van der Waals surface area contributed by atoms with Crippen molar-refractivity contribution in [2.24, 2.45) is 0 Å². The number of amides is 2. The normalized spacial score (nSPS) is 15.1. The van der Waals surface area contributed by atoms with Crippen LogP contribution in [0.5, 0.6) is 17.4 Å². The number of nitrogens with zero attached hydrogens (tertiary/aromatic N) is 3. The molecule has 4 rings (SSSR count). The molecule has 3 aromatic rings. The highest BCUT2D eigenvalue weighted by Gasteiger charge is 2.27. The van der Waals surface area contributed by atoms with Crippen LogP contribution >= 0.6 is 11.6 Å². The van der Waals surface area contributed by atoms with Crippen LogP contribution < -0.4 is 14.8 Å². The minimum atomic E-state index is -0.130. The summed E-state index contributed by atoms with van der Waals surface area (Å²) in [6.45, 7) is 6.10. The van der Waals surface area contributed by atoms with E-state index in [1.807, 2.05) is 62.4 Å². The Morgan fingerprint density at radius 2 is 1.97 bits per heavy atom. The fraction of sp³-hybridized carbons (Fsp3) is 0.407. The Bertz CT molecular complexity index is 1160. The molecule has 9 heteroatoms. The number of halogens is 1. The number of methoxy groups -OCH3 is 1. The minimum Gasteiger partial charge on any atom is -0.493 e. The first-order valence-electron chi connectivity index (χ1n) is 12.3. The van der Waals surface area contributed by atoms with Crippen LogP contribution in [0.2, 0.25) is 5.02 Å². The van der Waals surface area contributed by atoms with Crippen LogP contribution in [-0.2, 0) is 11.3 Å². The van der Waals surface area contributed by atoms with Crippen LogP contribution in [0.1, 0.15) is 37.4 Å². The summed E-state index contributed by atoms with van der Waals surface area (Å²) in [5, 5.41) is 8.42. The number of hydrogen-bond donors (Lipinski definition) is 1. The SMILES string of the molecule is CCCNC(=O)N(Cc1c(C)nn(-c2ccc(Cl)cc2)c1Oc1ccccc1OC)C[C@@H]1CCCO1. The van der Waals surface area contributed by atoms with Gasteiger partial charge in [-0.25, -0.2) is 9.48 Å². The third-order valence-corrected chi connectivity index (χ3v) is 6.35. The van der Waals surface area contributed by atoms with Gasteiger partial charge in [-0.1, -0.05) is 30.7 Å². The number of carbonyl (C=O) groups is 1. The van der Waals surface area contributed by atoms with E-state index in [0.29, 0.717) is 42.0 Å². The van der Waals surface area contributed by atoms with Crippen LogP contribution in [0.3, 0.4) is 0 Å². The first kappa shape index (κ1) is 25.9. The van der Waals surface area contributed by atoms with Crippen molar-refractivity contribution >= 4 is 17.6 Å². The third kappa shape index (κ3) is 6.12. The summed E-state index contributed by atoms with van der Waals surface area (Å²) in [6.07, 6.45) is 2.81. The second-order valence-electron chi connectivity index (χ2n) is 8.76. The summed E-state index contributed by atoms with van der Waals surface area (Å²) in [5.74, 6) is 1.67. The molecule has 0 bridgehead atoms. The van der Waals surface area contributed by atoms with Gasteiger partial charge in [-0.2, -0.15) is 5.10 Å². The van der Waals surface area contributed by atoms with Crippen molar-refractivity contribution in [2.75, 3.05) is 26.8 Å². The highest BCUT2D eigenvalue weighted by molar-refractivity contribution is 6.30. The van der Waals surface area contributed by atoms with Crippen molar-refractivity contribution in [3.8, 4) is 23.1 Å². The van der Waals surface area contributed by atoms with Gasteiger partial charge in [0.2, 0.25) is 5.88 Å². The van der Waals surface area contributed by atoms with Crippen molar-refractivity contribution < 1.29 is 19.0 Å². The Kier molecular flexibility index (Phi) is 8.72. The van der Waals surface area contributed by atoms with E-state index >= 15 is 0 Å². The molecule has 0 unspecified atom stereocenters. The molecule has 0 aliphatic carbocycles. The molecule has 2 aromatic carbocycles. The highest BCUT2D eigenvalue weighted by atomic mass is 35.5. The smallest absolute Gasteiger partial charge is 0.317 e. The average Bonchev–Trinajstić information content (AvgIpc) is 3.51. The largest absolute Gasteiger partial charge is 0.493 e. The Morgan fingerprint density at radius 3 is 2.64 bits per heavy atom. The van der Waals surface area contributed by atoms with E-state index in [4.69, 9.17) is 30.9 Å². The van der Waals surface area contributed by atoms with Crippen molar-refractivity contribution in [3.63, 3.8) is 0 Å². The molecule has 1 atom stereocenters. The fourth-order valence-corrected chi connectivity index (χ4v) is 4.30. The maximum Gasteiger partial charge on any atom is 0.317 e. The van der Waals surface area contributed by atoms with Crippen molar-refractivity contribution in [1.29, 1.82) is 0 Å². The summed E-state index contributed by atoms with van der Waals surface area (Å²) in [6, 6.07) is 14.7. The van der Waals surface area contributed by atoms with E-state index in [-0.39, 0.29) is 12.1 Å². The lowest BCUT2D eigenvalue weighted by Gasteiger charge is -2.26. The van der Waals surface area contributed by atoms with Crippen LogP contribution in [0.15, 0.2) is 48.5 Å². The molecule has 1 fully saturated rings. The van der Waals surface area contributed by atoms with Gasteiger partial charge >= 0.3 is 6.03 Å². The van der Waals surface area contributed by atoms with E-state index in [9.17, 15) is 4.79 Å². The average molecular weight is 513 g/mol. The molecule has 0 saturated carbocycles. The maximum atomic E-state index is 13.1. The first-order chi connectivity index (χ1) is 17.5. The molecule has 2 amide bonds. The lowest BCUT2D eigenvalue weighted by molar-refractivity contribution is 0.0793. The lowest BCUT2D eigenvalue weighted by atomic mass is 10.2. The van der Waals surface area contributed by atoms with Crippen molar-refractivity contribution in [3.05, 3.63) is 64.8 Å². The van der Waals surface area contributed by atoms with Crippen LogP contribution in [0.25, 0.3) is 5.69 Å². The van der Waals surface area contributed by atoms with Gasteiger partial charge < -0.3 is 24.4 Å². The van der Waals surface area contributed by atoms with Gasteiger partial charge in [-0.05, 0) is 62.6 Å². The van der Waals surface area contributed by atoms with Gasteiger partial charge in [0.05, 0.1) is 36.7 Å². The number of benzene rings is 2. The van der Waals surface area contributed by atoms with Gasteiger partial charge in [-0.15, -0.1) is 0 Å². The number of rotatable bonds is 10. The summed E-state index contributed by atoms with van der Waals surface area (Å²) < 4.78 is 19.6. The Labute approximate surface area is 217 Å². The molecule has 0 spiro atoms. The molecule has 1 aromatic heterocycles. The topological polar surface area (TPSA) is 77.9 Å². The summed E-state index contributed by atoms with van der Waals surface area (Å²) >= 11 is 6.13. The van der Waals surface area contributed by atoms with Crippen molar-refractivity contribution in [1.82, 2.24) is 20.0 Å². The van der Waals surface area contributed by atoms with E-state index in [1.165, 1.54) is 0 Å². The number of aromatic nitrogens is 2. The predicted octanol–water partition coefficient (Wildman–Crippen LogP) is 5.74. The van der Waals surface area contributed by atoms with Crippen molar-refractivity contribution in [2.45, 2.75) is 45.8 Å². The monoisotopic (exact) mass is 512 g/mol. The van der Waals surface area contributed by atoms with Gasteiger partial charge in [0.1, 0.15) is 0 Å². The van der Waals surface area contributed by atoms with Gasteiger partial charge in [-0.3, -0.25) is 0 Å². The number of nitrogens with one attached hydrogen (secondary N) is 1. The molecule has 1 N–H and O–H groups in total. The number of hydrogen-bond acceptors (Lipinski definition) is 5. The van der Waals surface area contributed by atoms with Crippen LogP contribution in [-0.4, -0.2) is 53.6 Å². The number of carbonyl (C=O) groups excluding carboxylic acids is 1. The van der Waals surface area contributed by atoms with E-state index in [2.05, 4.69) is 5.32 Å². The Morgan fingerprint density at radius 1 is 1.22 bits per heavy atom. The summed E-state index contributed by atoms with van der Waals surface area (Å²) in [7, 11) is 1.60. The number of ether oxygens (including phenoxy) is 3. The summed E-state index contributed by atoms with van der Waals surface area (Å²) in [4.78, 5) is 14.9. The van der Waals surface area contributed by atoms with E-state index < -0.39 is 0 Å². The lowest BCUT2D eigenvalue weighted by Crippen LogP contribution is -2.43. The maximum absolute atomic E-state index is 13.1. The number of urea groups is 1. The zero-order chi connectivity index (χ0) is 25.5. The summed E-state index contributed by atoms with van der Waals surface area (Å²) in [5.41, 5.74) is 2.36. The molecule has 192 valence electrons. The molecule has 2 heterocycles. The van der Waals surface area contributed by atoms with E-state index in [1.54, 1.807) is 16.7 Å². The van der Waals surface area contributed by atoms with E-state index in [0.717, 1.165) is 42.8 Å². The standard InChI is InChI=1S/C27H33ClN4O4/c1-4-15-29-27(33)31(17-22-8-7-16-35-22)18-23-19(2)30-32(21-13-11-20(28)12-14-21)26(23)36-25-10-6-5-9-24(25)34-3/h5-6,9-14,22H,4,7-8,15-18H2,1-3H3,(H,29,33)/t22-/m0/s1. The molecular formula is C27H33ClN4O4. The molecule has 1 saturated heterocycles. The first-order valence-corrected chi connectivity index (χ1v) is 12.7. The quantitative estimate of drug-likeness (QED) is 0.375. The predicted molar refractivity (Wildman–Crippen MR) is 139 cm³/mol. The Hall–Kier alpha value is -3.23. The molecule has 0 radical (unpaired) electrons. The van der Waals surface area contributed by atoms with Crippen LogP contribution in [0.4, 0.5) is 4.79 Å². The molecular weight excluding hydrogens is 480 g/mol. The fourth-order valence-electron chi connectivity index (χ4n) is 4.18.